The Labute approximate surface area is 130 Å². The summed E-state index contributed by atoms with van der Waals surface area (Å²) in [7, 11) is 0. The van der Waals surface area contributed by atoms with Crippen molar-refractivity contribution in [1.82, 2.24) is 20.7 Å². The Morgan fingerprint density at radius 3 is 2.77 bits per heavy atom. The van der Waals surface area contributed by atoms with E-state index in [0.29, 0.717) is 26.4 Å². The maximum absolute atomic E-state index is 11.0. The molecule has 122 valence electrons. The summed E-state index contributed by atoms with van der Waals surface area (Å²) in [5.74, 6) is -0.270. The number of hydrogen-bond donors (Lipinski definition) is 2. The summed E-state index contributed by atoms with van der Waals surface area (Å²) in [5.41, 5.74) is 0.996. The van der Waals surface area contributed by atoms with Crippen LogP contribution in [0.25, 0.3) is 0 Å². The molecule has 1 aromatic heterocycles. The van der Waals surface area contributed by atoms with Crippen molar-refractivity contribution in [2.24, 2.45) is 0 Å². The van der Waals surface area contributed by atoms with E-state index in [0.717, 1.165) is 38.0 Å². The first kappa shape index (κ1) is 18.1. The fourth-order valence-corrected chi connectivity index (χ4v) is 1.75. The lowest BCUT2D eigenvalue weighted by Gasteiger charge is -2.06. The smallest absolute Gasteiger partial charge is 0.234 e. The van der Waals surface area contributed by atoms with Gasteiger partial charge in [0.05, 0.1) is 31.6 Å². The van der Waals surface area contributed by atoms with E-state index in [1.54, 1.807) is 6.07 Å². The minimum Gasteiger partial charge on any atom is -0.379 e. The number of carbonyl (C=O) groups is 1. The molecular formula is C14H23N5O3. The summed E-state index contributed by atoms with van der Waals surface area (Å²) in [6.07, 6.45) is 5.84. The topological polar surface area (TPSA) is 113 Å². The van der Waals surface area contributed by atoms with Crippen LogP contribution in [0.4, 0.5) is 0 Å². The molecule has 0 aliphatic heterocycles. The maximum Gasteiger partial charge on any atom is 0.234 e. The van der Waals surface area contributed by atoms with E-state index < -0.39 is 0 Å². The molecule has 0 fully saturated rings. The van der Waals surface area contributed by atoms with E-state index in [-0.39, 0.29) is 12.3 Å². The zero-order valence-corrected chi connectivity index (χ0v) is 12.7. The van der Waals surface area contributed by atoms with Gasteiger partial charge in [-0.25, -0.2) is 0 Å². The van der Waals surface area contributed by atoms with Gasteiger partial charge in [-0.05, 0) is 19.3 Å². The van der Waals surface area contributed by atoms with Gasteiger partial charge in [-0.15, -0.1) is 5.10 Å². The summed E-state index contributed by atoms with van der Waals surface area (Å²) < 4.78 is 10.7. The average molecular weight is 309 g/mol. The summed E-state index contributed by atoms with van der Waals surface area (Å²) >= 11 is 0. The first-order valence-electron chi connectivity index (χ1n) is 7.47. The molecule has 0 atom stereocenters. The Morgan fingerprint density at radius 2 is 2.05 bits per heavy atom. The quantitative estimate of drug-likeness (QED) is 0.515. The number of aromatic nitrogens is 3. The number of aryl methyl sites for hydroxylation is 1. The van der Waals surface area contributed by atoms with Gasteiger partial charge in [-0.3, -0.25) is 9.89 Å². The molecule has 0 radical (unpaired) electrons. The van der Waals surface area contributed by atoms with Crippen LogP contribution in [0.2, 0.25) is 0 Å². The van der Waals surface area contributed by atoms with Gasteiger partial charge in [-0.1, -0.05) is 11.6 Å². The number of carbonyl (C=O) groups excluding carboxylic acids is 1. The molecule has 8 heteroatoms. The van der Waals surface area contributed by atoms with Crippen LogP contribution in [0.5, 0.6) is 0 Å². The number of unbranched alkanes of at least 4 members (excludes halogenated alkanes) is 2. The minimum absolute atomic E-state index is 0.111. The van der Waals surface area contributed by atoms with E-state index in [9.17, 15) is 4.79 Å². The lowest BCUT2D eigenvalue weighted by atomic mass is 10.2. The highest BCUT2D eigenvalue weighted by molar-refractivity contribution is 5.77. The number of nitrogens with zero attached hydrogens (tertiary/aromatic N) is 3. The van der Waals surface area contributed by atoms with E-state index in [1.165, 1.54) is 0 Å². The van der Waals surface area contributed by atoms with Crippen molar-refractivity contribution in [3.63, 3.8) is 0 Å². The van der Waals surface area contributed by atoms with Gasteiger partial charge in [0.25, 0.3) is 0 Å². The van der Waals surface area contributed by atoms with Crippen molar-refractivity contribution in [2.75, 3.05) is 33.0 Å². The summed E-state index contributed by atoms with van der Waals surface area (Å²) in [6.45, 7) is 2.63. The molecule has 1 rings (SSSR count). The van der Waals surface area contributed by atoms with Gasteiger partial charge >= 0.3 is 0 Å². The number of H-pyrrole nitrogens is 1. The van der Waals surface area contributed by atoms with Gasteiger partial charge < -0.3 is 14.8 Å². The molecule has 1 amide bonds. The average Bonchev–Trinajstić information content (AvgIpc) is 3.02. The zero-order valence-electron chi connectivity index (χ0n) is 12.7. The first-order valence-corrected chi connectivity index (χ1v) is 7.47. The second-order valence-corrected chi connectivity index (χ2v) is 4.69. The van der Waals surface area contributed by atoms with Crippen LogP contribution in [-0.4, -0.2) is 54.3 Å². The molecular weight excluding hydrogens is 286 g/mol. The third kappa shape index (κ3) is 9.85. The fourth-order valence-electron chi connectivity index (χ4n) is 1.75. The minimum atomic E-state index is -0.270. The third-order valence-electron chi connectivity index (χ3n) is 2.87. The van der Waals surface area contributed by atoms with E-state index in [1.807, 2.05) is 6.20 Å². The number of hydrogen-bond acceptors (Lipinski definition) is 6. The standard InChI is InChI=1S/C14H23N5O3/c15-6-5-14(20)16-7-9-22-11-10-21-8-3-1-2-4-13-12-17-19-18-13/h12H,1-5,7-11H2,(H,16,20)(H,17,18,19). The molecule has 8 nitrogen and oxygen atoms in total. The van der Waals surface area contributed by atoms with Crippen molar-refractivity contribution < 1.29 is 14.3 Å². The van der Waals surface area contributed by atoms with Crippen LogP contribution < -0.4 is 5.32 Å². The number of rotatable bonds is 13. The van der Waals surface area contributed by atoms with Crippen molar-refractivity contribution in [2.45, 2.75) is 32.1 Å². The summed E-state index contributed by atoms with van der Waals surface area (Å²) in [4.78, 5) is 11.0. The Kier molecular flexibility index (Phi) is 10.5. The fraction of sp³-hybridized carbons (Fsp3) is 0.714. The molecule has 22 heavy (non-hydrogen) atoms. The molecule has 0 aromatic carbocycles. The second kappa shape index (κ2) is 12.7. The Bertz CT molecular complexity index is 430. The highest BCUT2D eigenvalue weighted by atomic mass is 16.5. The zero-order chi connectivity index (χ0) is 15.9. The van der Waals surface area contributed by atoms with E-state index in [4.69, 9.17) is 14.7 Å². The Balaban J connectivity index is 1.75. The highest BCUT2D eigenvalue weighted by Crippen LogP contribution is 2.02. The van der Waals surface area contributed by atoms with Gasteiger partial charge in [0.15, 0.2) is 0 Å². The number of ether oxygens (including phenoxy) is 2. The van der Waals surface area contributed by atoms with Crippen molar-refractivity contribution in [3.05, 3.63) is 11.9 Å². The number of amides is 1. The van der Waals surface area contributed by atoms with Crippen LogP contribution in [0.15, 0.2) is 6.20 Å². The van der Waals surface area contributed by atoms with Gasteiger partial charge in [-0.2, -0.15) is 5.26 Å². The Hall–Kier alpha value is -1.98. The van der Waals surface area contributed by atoms with Crippen molar-refractivity contribution in [1.29, 1.82) is 5.26 Å². The van der Waals surface area contributed by atoms with Crippen LogP contribution >= 0.6 is 0 Å². The largest absolute Gasteiger partial charge is 0.379 e. The van der Waals surface area contributed by atoms with Crippen LogP contribution in [0.3, 0.4) is 0 Å². The van der Waals surface area contributed by atoms with Crippen LogP contribution in [-0.2, 0) is 20.7 Å². The molecule has 0 aliphatic carbocycles. The van der Waals surface area contributed by atoms with Crippen molar-refractivity contribution >= 4 is 5.91 Å². The van der Waals surface area contributed by atoms with Crippen LogP contribution in [0.1, 0.15) is 31.4 Å². The first-order chi connectivity index (χ1) is 10.8. The highest BCUT2D eigenvalue weighted by Gasteiger charge is 1.98. The van der Waals surface area contributed by atoms with E-state index in [2.05, 4.69) is 20.7 Å². The number of nitriles is 1. The molecule has 1 heterocycles. The predicted octanol–water partition coefficient (Wildman–Crippen LogP) is 0.581. The monoisotopic (exact) mass is 309 g/mol. The molecule has 0 aliphatic rings. The molecule has 0 bridgehead atoms. The van der Waals surface area contributed by atoms with Gasteiger partial charge in [0.2, 0.25) is 5.91 Å². The second-order valence-electron chi connectivity index (χ2n) is 4.69. The molecule has 0 saturated heterocycles. The lowest BCUT2D eigenvalue weighted by molar-refractivity contribution is -0.120. The van der Waals surface area contributed by atoms with Crippen molar-refractivity contribution in [3.8, 4) is 6.07 Å². The molecule has 1 aromatic rings. The van der Waals surface area contributed by atoms with E-state index >= 15 is 0 Å². The predicted molar refractivity (Wildman–Crippen MR) is 78.8 cm³/mol. The summed E-state index contributed by atoms with van der Waals surface area (Å²) in [6, 6.07) is 1.78. The number of aromatic amines is 1. The Morgan fingerprint density at radius 1 is 1.23 bits per heavy atom. The molecule has 0 unspecified atom stereocenters. The van der Waals surface area contributed by atoms with Crippen LogP contribution in [0, 0.1) is 11.3 Å². The summed E-state index contributed by atoms with van der Waals surface area (Å²) in [5, 5.41) is 21.2. The van der Waals surface area contributed by atoms with Gasteiger partial charge in [0.1, 0.15) is 6.42 Å². The third-order valence-corrected chi connectivity index (χ3v) is 2.87. The number of nitrogens with one attached hydrogen (secondary N) is 2. The normalized spacial score (nSPS) is 10.3. The molecule has 0 spiro atoms. The maximum atomic E-state index is 11.0. The molecule has 0 saturated carbocycles. The molecule has 2 N–H and O–H groups in total. The lowest BCUT2D eigenvalue weighted by Crippen LogP contribution is -2.27. The SMILES string of the molecule is N#CCC(=O)NCCOCCOCCCCCc1c[nH]nn1. The van der Waals surface area contributed by atoms with Gasteiger partial charge in [0, 0.05) is 19.3 Å².